The van der Waals surface area contributed by atoms with Crippen LogP contribution in [0.2, 0.25) is 0 Å². The lowest BCUT2D eigenvalue weighted by molar-refractivity contribution is -0.143. The second-order valence-corrected chi connectivity index (χ2v) is 26.0. The van der Waals surface area contributed by atoms with Crippen molar-refractivity contribution in [1.82, 2.24) is 5.32 Å². The molecule has 0 aromatic rings. The zero-order valence-corrected chi connectivity index (χ0v) is 56.2. The van der Waals surface area contributed by atoms with Crippen molar-refractivity contribution in [1.29, 1.82) is 0 Å². The Balaban J connectivity index is 3.31. The molecule has 0 saturated heterocycles. The molecule has 0 bridgehead atoms. The van der Waals surface area contributed by atoms with Crippen LogP contribution in [0.1, 0.15) is 418 Å². The van der Waals surface area contributed by atoms with Gasteiger partial charge in [-0.15, -0.1) is 0 Å². The molecule has 0 aliphatic heterocycles. The molecule has 1 amide bonds. The number of aliphatic hydroxyl groups excluding tert-OH is 2. The van der Waals surface area contributed by atoms with Crippen LogP contribution in [0.4, 0.5) is 0 Å². The highest BCUT2D eigenvalue weighted by molar-refractivity contribution is 5.76. The van der Waals surface area contributed by atoms with E-state index in [-0.39, 0.29) is 18.5 Å². The number of nitrogens with one attached hydrogen (secondary N) is 1. The van der Waals surface area contributed by atoms with Gasteiger partial charge < -0.3 is 20.3 Å². The third kappa shape index (κ3) is 69.1. The van der Waals surface area contributed by atoms with Crippen LogP contribution in [0.15, 0.2) is 36.5 Å². The molecular weight excluding hydrogens is 1020 g/mol. The highest BCUT2D eigenvalue weighted by atomic mass is 16.5. The first-order chi connectivity index (χ1) is 41.0. The van der Waals surface area contributed by atoms with Gasteiger partial charge in [0.15, 0.2) is 0 Å². The molecule has 0 spiro atoms. The summed E-state index contributed by atoms with van der Waals surface area (Å²) < 4.78 is 5.48. The summed E-state index contributed by atoms with van der Waals surface area (Å²) in [5, 5.41) is 23.3. The number of esters is 1. The lowest BCUT2D eigenvalue weighted by Crippen LogP contribution is -2.45. The van der Waals surface area contributed by atoms with Crippen LogP contribution in [0.5, 0.6) is 0 Å². The molecule has 83 heavy (non-hydrogen) atoms. The van der Waals surface area contributed by atoms with Gasteiger partial charge in [-0.25, -0.2) is 0 Å². The third-order valence-corrected chi connectivity index (χ3v) is 17.6. The van der Waals surface area contributed by atoms with E-state index < -0.39 is 12.1 Å². The average molecular weight is 1170 g/mol. The van der Waals surface area contributed by atoms with Gasteiger partial charge in [-0.05, 0) is 77.0 Å². The number of unbranched alkanes of at least 4 members (excludes halogenated alkanes) is 54. The van der Waals surface area contributed by atoms with Crippen LogP contribution >= 0.6 is 0 Å². The summed E-state index contributed by atoms with van der Waals surface area (Å²) in [5.41, 5.74) is 0. The molecule has 0 fully saturated rings. The molecule has 0 heterocycles. The van der Waals surface area contributed by atoms with E-state index in [1.807, 2.05) is 0 Å². The SMILES string of the molecule is CCC/C=C\C/C=C\CCCCCCCC(=O)OCCCCCCCCCCCCCCCCCCCC/C=C\CCCCCCCCCCCCCCCCCCCC(=O)NC(CO)C(O)CCCCCCCCCCCCCCCC. The van der Waals surface area contributed by atoms with Crippen LogP contribution in [0.3, 0.4) is 0 Å². The fourth-order valence-electron chi connectivity index (χ4n) is 11.9. The third-order valence-electron chi connectivity index (χ3n) is 17.6. The molecule has 490 valence electrons. The van der Waals surface area contributed by atoms with Crippen molar-refractivity contribution in [3.8, 4) is 0 Å². The summed E-state index contributed by atoms with van der Waals surface area (Å²) in [6.07, 6.45) is 93.8. The number of rotatable bonds is 71. The summed E-state index contributed by atoms with van der Waals surface area (Å²) in [5.74, 6) is -0.0206. The highest BCUT2D eigenvalue weighted by Gasteiger charge is 2.20. The Morgan fingerprint density at radius 3 is 0.976 bits per heavy atom. The van der Waals surface area contributed by atoms with Crippen LogP contribution < -0.4 is 5.32 Å². The molecule has 6 heteroatoms. The number of allylic oxidation sites excluding steroid dienone is 6. The van der Waals surface area contributed by atoms with E-state index in [4.69, 9.17) is 4.74 Å². The summed E-state index contributed by atoms with van der Waals surface area (Å²) in [4.78, 5) is 24.5. The first-order valence-electron chi connectivity index (χ1n) is 37.7. The van der Waals surface area contributed by atoms with E-state index in [0.29, 0.717) is 25.9 Å². The number of aliphatic hydroxyl groups is 2. The Morgan fingerprint density at radius 1 is 0.337 bits per heavy atom. The lowest BCUT2D eigenvalue weighted by Gasteiger charge is -2.22. The second kappa shape index (κ2) is 72.6. The minimum Gasteiger partial charge on any atom is -0.466 e. The number of hydrogen-bond donors (Lipinski definition) is 3. The maximum absolute atomic E-state index is 12.5. The van der Waals surface area contributed by atoms with E-state index in [2.05, 4.69) is 55.6 Å². The number of carbonyl (C=O) groups excluding carboxylic acids is 2. The van der Waals surface area contributed by atoms with E-state index in [1.54, 1.807) is 0 Å². The predicted octanol–water partition coefficient (Wildman–Crippen LogP) is 24.7. The van der Waals surface area contributed by atoms with Crippen molar-refractivity contribution in [2.24, 2.45) is 0 Å². The zero-order valence-electron chi connectivity index (χ0n) is 56.2. The normalized spacial score (nSPS) is 12.7. The lowest BCUT2D eigenvalue weighted by atomic mass is 10.0. The monoisotopic (exact) mass is 1170 g/mol. The second-order valence-electron chi connectivity index (χ2n) is 26.0. The minimum atomic E-state index is -0.660. The zero-order chi connectivity index (χ0) is 59.9. The van der Waals surface area contributed by atoms with E-state index in [1.165, 1.54) is 334 Å². The number of carbonyl (C=O) groups is 2. The van der Waals surface area contributed by atoms with Gasteiger partial charge in [0, 0.05) is 12.8 Å². The number of amides is 1. The van der Waals surface area contributed by atoms with Gasteiger partial charge >= 0.3 is 5.97 Å². The van der Waals surface area contributed by atoms with Gasteiger partial charge in [0.1, 0.15) is 0 Å². The molecule has 0 radical (unpaired) electrons. The van der Waals surface area contributed by atoms with Crippen molar-refractivity contribution < 1.29 is 24.5 Å². The Morgan fingerprint density at radius 2 is 0.627 bits per heavy atom. The molecular formula is C77H147NO5. The fraction of sp³-hybridized carbons (Fsp3) is 0.896. The van der Waals surface area contributed by atoms with Gasteiger partial charge in [-0.3, -0.25) is 9.59 Å². The smallest absolute Gasteiger partial charge is 0.305 e. The Kier molecular flexibility index (Phi) is 70.9. The fourth-order valence-corrected chi connectivity index (χ4v) is 11.9. The average Bonchev–Trinajstić information content (AvgIpc) is 3.49. The van der Waals surface area contributed by atoms with Crippen molar-refractivity contribution in [2.45, 2.75) is 431 Å². The number of hydrogen-bond acceptors (Lipinski definition) is 5. The van der Waals surface area contributed by atoms with E-state index in [9.17, 15) is 19.8 Å². The van der Waals surface area contributed by atoms with Gasteiger partial charge in [0.05, 0.1) is 25.4 Å². The minimum absolute atomic E-state index is 0.00735. The van der Waals surface area contributed by atoms with Crippen LogP contribution in [0, 0.1) is 0 Å². The van der Waals surface area contributed by atoms with Crippen LogP contribution in [0.25, 0.3) is 0 Å². The molecule has 2 unspecified atom stereocenters. The number of ether oxygens (including phenoxy) is 1. The largest absolute Gasteiger partial charge is 0.466 e. The predicted molar refractivity (Wildman–Crippen MR) is 366 cm³/mol. The van der Waals surface area contributed by atoms with E-state index >= 15 is 0 Å². The summed E-state index contributed by atoms with van der Waals surface area (Å²) in [7, 11) is 0. The maximum Gasteiger partial charge on any atom is 0.305 e. The van der Waals surface area contributed by atoms with Crippen molar-refractivity contribution in [3.05, 3.63) is 36.5 Å². The van der Waals surface area contributed by atoms with Gasteiger partial charge in [0.25, 0.3) is 0 Å². The first-order valence-corrected chi connectivity index (χ1v) is 37.7. The maximum atomic E-state index is 12.5. The molecule has 0 saturated carbocycles. The summed E-state index contributed by atoms with van der Waals surface area (Å²) in [6.45, 7) is 4.92. The molecule has 6 nitrogen and oxygen atoms in total. The van der Waals surface area contributed by atoms with Gasteiger partial charge in [0.2, 0.25) is 5.91 Å². The van der Waals surface area contributed by atoms with Gasteiger partial charge in [-0.1, -0.05) is 365 Å². The summed E-state index contributed by atoms with van der Waals surface area (Å²) >= 11 is 0. The quantitative estimate of drug-likeness (QED) is 0.0320. The van der Waals surface area contributed by atoms with Crippen LogP contribution in [-0.2, 0) is 14.3 Å². The summed E-state index contributed by atoms with van der Waals surface area (Å²) in [6, 6.07) is -0.537. The molecule has 0 aliphatic carbocycles. The van der Waals surface area contributed by atoms with Gasteiger partial charge in [-0.2, -0.15) is 0 Å². The molecule has 0 aliphatic rings. The Labute approximate surface area is 519 Å². The molecule has 0 rings (SSSR count). The standard InChI is InChI=1S/C77H147NO5/c1-3-5-7-9-11-13-15-17-46-49-53-57-61-65-69-75(80)74(73-79)78-76(81)70-66-62-58-54-50-47-43-41-39-37-35-33-31-29-27-25-23-21-19-18-20-22-24-26-28-30-32-34-36-38-40-42-44-48-52-56-60-64-68-72-83-77(82)71-67-63-59-55-51-45-16-14-12-10-8-6-4-2/h8,10,14,16,18-19,74-75,79-80H,3-7,9,11-13,15,17,20-73H2,1-2H3,(H,78,81)/b10-8-,16-14-,19-18-. The topological polar surface area (TPSA) is 95.9 Å². The van der Waals surface area contributed by atoms with Crippen LogP contribution in [-0.4, -0.2) is 47.4 Å². The molecule has 3 N–H and O–H groups in total. The van der Waals surface area contributed by atoms with Crippen molar-refractivity contribution in [2.75, 3.05) is 13.2 Å². The van der Waals surface area contributed by atoms with Crippen molar-refractivity contribution in [3.63, 3.8) is 0 Å². The molecule has 0 aromatic carbocycles. The molecule has 0 aromatic heterocycles. The Bertz CT molecular complexity index is 1340. The van der Waals surface area contributed by atoms with Crippen molar-refractivity contribution >= 4 is 11.9 Å². The van der Waals surface area contributed by atoms with E-state index in [0.717, 1.165) is 51.4 Å². The highest BCUT2D eigenvalue weighted by Crippen LogP contribution is 2.19. The first kappa shape index (κ1) is 81.1. The Hall–Kier alpha value is -1.92. The molecule has 2 atom stereocenters.